The Labute approximate surface area is 48.0 Å². The molecule has 0 fully saturated rings. The number of hydrogen-bond donors (Lipinski definition) is 3. The first kappa shape index (κ1) is 8.01. The molecular weight excluding hydrogens is 137 g/mol. The van der Waals surface area contributed by atoms with Crippen LogP contribution in [0.4, 0.5) is 0 Å². The Balaban J connectivity index is 3.05. The average molecular weight is 140 g/mol. The first-order valence-corrected chi connectivity index (χ1v) is 2.57. The molecule has 0 rings (SSSR count). The molecule has 0 aliphatic carbocycles. The van der Waals surface area contributed by atoms with Crippen molar-refractivity contribution in [3.8, 4) is 0 Å². The summed E-state index contributed by atoms with van der Waals surface area (Å²) in [6.07, 6.45) is 0. The fourth-order valence-corrected chi connectivity index (χ4v) is 0.247. The van der Waals surface area contributed by atoms with E-state index < -0.39 is 18.6 Å². The lowest BCUT2D eigenvalue weighted by atomic mass is 10.3. The molecule has 0 aliphatic rings. The van der Waals surface area contributed by atoms with Gasteiger partial charge in [-0.2, -0.15) is 0 Å². The molecule has 0 spiro atoms. The van der Waals surface area contributed by atoms with E-state index in [1.807, 2.05) is 0 Å². The predicted molar refractivity (Wildman–Crippen MR) is 23.3 cm³/mol. The lowest BCUT2D eigenvalue weighted by Gasteiger charge is -2.04. The Morgan fingerprint density at radius 3 is 2.38 bits per heavy atom. The van der Waals surface area contributed by atoms with Crippen LogP contribution in [0.2, 0.25) is 0 Å². The van der Waals surface area contributed by atoms with Gasteiger partial charge in [-0.05, 0) is 0 Å². The van der Waals surface area contributed by atoms with E-state index >= 15 is 0 Å². The quantitative estimate of drug-likeness (QED) is 0.224. The maximum absolute atomic E-state index is 9.45. The fraction of sp³-hybridized carbons (Fsp3) is 0. The van der Waals surface area contributed by atoms with E-state index in [0.29, 0.717) is 0 Å². The normalized spacial score (nSPS) is 13.4. The molecule has 0 aromatic heterocycles. The highest BCUT2D eigenvalue weighted by Gasteiger charge is 2.06. The summed E-state index contributed by atoms with van der Waals surface area (Å²) in [6.45, 7) is 0. The predicted octanol–water partition coefficient (Wildman–Crippen LogP) is -2.73. The Bertz CT molecular complexity index is 82.5. The van der Waals surface area contributed by atoms with Gasteiger partial charge in [0.05, 0.1) is 0 Å². The van der Waals surface area contributed by atoms with Gasteiger partial charge in [0.25, 0.3) is 0 Å². The Hall–Kier alpha value is 0.0149. The van der Waals surface area contributed by atoms with Crippen molar-refractivity contribution in [2.24, 2.45) is 0 Å². The Morgan fingerprint density at radius 1 is 1.75 bits per heavy atom. The third-order valence-electron chi connectivity index (χ3n) is 0.222. The summed E-state index contributed by atoms with van der Waals surface area (Å²) in [5.74, 6) is 0. The average Bonchev–Trinajstić information content (AvgIpc) is 1.61. The van der Waals surface area contributed by atoms with Crippen LogP contribution in [-0.4, -0.2) is 26.1 Å². The van der Waals surface area contributed by atoms with Crippen molar-refractivity contribution in [3.63, 3.8) is 0 Å². The van der Waals surface area contributed by atoms with Crippen LogP contribution >= 0.6 is 0 Å². The highest BCUT2D eigenvalue weighted by molar-refractivity contribution is 7.76. The summed E-state index contributed by atoms with van der Waals surface area (Å²) in [7, 11) is -2.12. The summed E-state index contributed by atoms with van der Waals surface area (Å²) in [6, 6.07) is 0. The SMILES string of the molecule is O=S([O-])NOB(O)O. The molecule has 48 valence electrons. The molecule has 0 bridgehead atoms. The molecule has 0 heterocycles. The van der Waals surface area contributed by atoms with Crippen LogP contribution in [0.5, 0.6) is 0 Å². The van der Waals surface area contributed by atoms with Crippen molar-refractivity contribution < 1.29 is 23.6 Å². The van der Waals surface area contributed by atoms with Gasteiger partial charge in [0.1, 0.15) is 0 Å². The van der Waals surface area contributed by atoms with Crippen LogP contribution in [0.15, 0.2) is 0 Å². The molecule has 0 amide bonds. The third kappa shape index (κ3) is 6.01. The molecule has 8 heteroatoms. The van der Waals surface area contributed by atoms with Gasteiger partial charge >= 0.3 is 7.32 Å². The monoisotopic (exact) mass is 140 g/mol. The second-order valence-corrected chi connectivity index (χ2v) is 1.40. The topological polar surface area (TPSA) is 102 Å². The summed E-state index contributed by atoms with van der Waals surface area (Å²) < 4.78 is 22.4. The minimum Gasteiger partial charge on any atom is -0.758 e. The number of rotatable bonds is 3. The minimum atomic E-state index is -2.63. The van der Waals surface area contributed by atoms with Crippen LogP contribution in [0.1, 0.15) is 0 Å². The number of hydrogen-bond acceptors (Lipinski definition) is 5. The van der Waals surface area contributed by atoms with E-state index in [9.17, 15) is 8.76 Å². The summed E-state index contributed by atoms with van der Waals surface area (Å²) in [5.41, 5.74) is 0. The molecule has 1 unspecified atom stereocenters. The van der Waals surface area contributed by atoms with Crippen molar-refractivity contribution in [3.05, 3.63) is 0 Å². The molecule has 1 atom stereocenters. The summed E-state index contributed by atoms with van der Waals surface area (Å²) >= 11 is -2.63. The molecule has 0 saturated carbocycles. The summed E-state index contributed by atoms with van der Waals surface area (Å²) in [4.78, 5) is 1.26. The highest BCUT2D eigenvalue weighted by Crippen LogP contribution is 1.67. The Kier molecular flexibility index (Phi) is 3.96. The smallest absolute Gasteiger partial charge is 0.652 e. The van der Waals surface area contributed by atoms with Gasteiger partial charge in [0, 0.05) is 11.3 Å². The second kappa shape index (κ2) is 3.95. The molecule has 0 aromatic rings. The lowest BCUT2D eigenvalue weighted by molar-refractivity contribution is 0.153. The van der Waals surface area contributed by atoms with Crippen molar-refractivity contribution in [2.45, 2.75) is 0 Å². The minimum absolute atomic E-state index is 1.26. The first-order chi connectivity index (χ1) is 3.63. The van der Waals surface area contributed by atoms with Crippen LogP contribution in [0, 0.1) is 0 Å². The molecule has 0 aromatic carbocycles. The van der Waals surface area contributed by atoms with E-state index in [4.69, 9.17) is 10.0 Å². The van der Waals surface area contributed by atoms with Gasteiger partial charge in [-0.15, -0.1) is 4.89 Å². The maximum atomic E-state index is 9.45. The maximum Gasteiger partial charge on any atom is 0.652 e. The van der Waals surface area contributed by atoms with E-state index in [1.165, 1.54) is 4.89 Å². The molecule has 0 saturated heterocycles. The largest absolute Gasteiger partial charge is 0.758 e. The fourth-order valence-electron chi connectivity index (χ4n) is 0.0823. The zero-order chi connectivity index (χ0) is 6.57. The standard InChI is InChI=1S/BH4NO5S/c3-1(4)7-2-8(5)6/h2-4H,(H,5,6)/p-1. The highest BCUT2D eigenvalue weighted by atomic mass is 32.2. The molecule has 0 aliphatic heterocycles. The van der Waals surface area contributed by atoms with Gasteiger partial charge in [-0.1, -0.05) is 0 Å². The van der Waals surface area contributed by atoms with Crippen molar-refractivity contribution in [1.29, 1.82) is 0 Å². The van der Waals surface area contributed by atoms with Gasteiger partial charge in [-0.25, -0.2) is 0 Å². The van der Waals surface area contributed by atoms with Gasteiger partial charge < -0.3 is 14.6 Å². The van der Waals surface area contributed by atoms with E-state index in [-0.39, 0.29) is 0 Å². The second-order valence-electron chi connectivity index (χ2n) is 0.762. The van der Waals surface area contributed by atoms with Crippen LogP contribution in [-0.2, 0) is 16.0 Å². The molecule has 3 N–H and O–H groups in total. The van der Waals surface area contributed by atoms with Gasteiger partial charge in [0.2, 0.25) is 0 Å². The van der Waals surface area contributed by atoms with E-state index in [1.54, 1.807) is 0 Å². The van der Waals surface area contributed by atoms with Gasteiger partial charge in [0.15, 0.2) is 0 Å². The van der Waals surface area contributed by atoms with Crippen LogP contribution in [0.25, 0.3) is 0 Å². The van der Waals surface area contributed by atoms with Crippen LogP contribution in [0.3, 0.4) is 0 Å². The van der Waals surface area contributed by atoms with Crippen LogP contribution < -0.4 is 4.89 Å². The Morgan fingerprint density at radius 2 is 2.25 bits per heavy atom. The van der Waals surface area contributed by atoms with Crippen molar-refractivity contribution >= 4 is 18.6 Å². The number of nitrogens with one attached hydrogen (secondary N) is 1. The third-order valence-corrected chi connectivity index (χ3v) is 0.454. The molecule has 8 heavy (non-hydrogen) atoms. The summed E-state index contributed by atoms with van der Waals surface area (Å²) in [5, 5.41) is 15.6. The van der Waals surface area contributed by atoms with E-state index in [2.05, 4.69) is 4.76 Å². The van der Waals surface area contributed by atoms with E-state index in [0.717, 1.165) is 0 Å². The zero-order valence-corrected chi connectivity index (χ0v) is 4.42. The van der Waals surface area contributed by atoms with Crippen molar-refractivity contribution in [2.75, 3.05) is 0 Å². The molecule has 6 nitrogen and oxygen atoms in total. The lowest BCUT2D eigenvalue weighted by Crippen LogP contribution is -2.28. The molecular formula is H3BNO5S-. The molecule has 0 radical (unpaired) electrons. The zero-order valence-electron chi connectivity index (χ0n) is 3.60. The first-order valence-electron chi connectivity index (χ1n) is 1.49. The van der Waals surface area contributed by atoms with Gasteiger partial charge in [-0.3, -0.25) is 8.96 Å². The van der Waals surface area contributed by atoms with Crippen molar-refractivity contribution in [1.82, 2.24) is 4.89 Å².